The number of esters is 1. The maximum atomic E-state index is 12.6. The number of nitro benzene ring substituents is 2. The van der Waals surface area contributed by atoms with Crippen LogP contribution >= 0.6 is 0 Å². The van der Waals surface area contributed by atoms with Gasteiger partial charge < -0.3 is 10.1 Å². The van der Waals surface area contributed by atoms with Crippen LogP contribution in [0, 0.1) is 26.1 Å². The van der Waals surface area contributed by atoms with E-state index in [0.29, 0.717) is 5.56 Å². The quantitative estimate of drug-likeness (QED) is 0.386. The number of rotatable bonds is 7. The van der Waals surface area contributed by atoms with Crippen LogP contribution in [0.15, 0.2) is 53.6 Å². The Morgan fingerprint density at radius 1 is 1.16 bits per heavy atom. The first-order chi connectivity index (χ1) is 14.8. The Balaban J connectivity index is 1.98. The van der Waals surface area contributed by atoms with E-state index in [0.717, 1.165) is 18.2 Å². The molecule has 160 valence electrons. The smallest absolute Gasteiger partial charge is 0.317 e. The van der Waals surface area contributed by atoms with Gasteiger partial charge in [0, 0.05) is 6.07 Å². The predicted octanol–water partition coefficient (Wildman–Crippen LogP) is 2.32. The minimum absolute atomic E-state index is 0.0829. The summed E-state index contributed by atoms with van der Waals surface area (Å²) in [5, 5.41) is 28.8. The SMILES string of the molecule is CCOC(=O)C1C(=NNc2ccc([N+](=O)[O-])cc2[N+](=O)[O-])C(=O)NC1c1ccccc1. The van der Waals surface area contributed by atoms with E-state index in [-0.39, 0.29) is 18.0 Å². The monoisotopic (exact) mass is 427 g/mol. The summed E-state index contributed by atoms with van der Waals surface area (Å²) in [7, 11) is 0. The van der Waals surface area contributed by atoms with Gasteiger partial charge in [0.05, 0.1) is 28.6 Å². The zero-order valence-corrected chi connectivity index (χ0v) is 16.2. The fourth-order valence-corrected chi connectivity index (χ4v) is 3.13. The van der Waals surface area contributed by atoms with Crippen LogP contribution in [0.5, 0.6) is 0 Å². The molecule has 1 aliphatic heterocycles. The van der Waals surface area contributed by atoms with Crippen LogP contribution in [-0.2, 0) is 14.3 Å². The molecule has 12 nitrogen and oxygen atoms in total. The fraction of sp³-hybridized carbons (Fsp3) is 0.211. The Bertz CT molecular complexity index is 1070. The number of carbonyl (C=O) groups excluding carboxylic acids is 2. The summed E-state index contributed by atoms with van der Waals surface area (Å²) >= 11 is 0. The molecular formula is C19H17N5O7. The summed E-state index contributed by atoms with van der Waals surface area (Å²) < 4.78 is 5.09. The van der Waals surface area contributed by atoms with Crippen molar-refractivity contribution in [3.05, 3.63) is 74.3 Å². The third kappa shape index (κ3) is 4.47. The average Bonchev–Trinajstić information content (AvgIpc) is 3.09. The number of carbonyl (C=O) groups is 2. The van der Waals surface area contributed by atoms with Gasteiger partial charge in [0.25, 0.3) is 11.6 Å². The molecule has 1 heterocycles. The first-order valence-electron chi connectivity index (χ1n) is 9.12. The molecule has 0 saturated carbocycles. The maximum absolute atomic E-state index is 12.6. The van der Waals surface area contributed by atoms with Crippen LogP contribution in [0.4, 0.5) is 17.1 Å². The highest BCUT2D eigenvalue weighted by molar-refractivity contribution is 6.45. The van der Waals surface area contributed by atoms with E-state index in [1.165, 1.54) is 0 Å². The predicted molar refractivity (Wildman–Crippen MR) is 108 cm³/mol. The van der Waals surface area contributed by atoms with Gasteiger partial charge >= 0.3 is 11.7 Å². The molecule has 3 rings (SSSR count). The highest BCUT2D eigenvalue weighted by Crippen LogP contribution is 2.32. The topological polar surface area (TPSA) is 166 Å². The molecule has 0 aromatic heterocycles. The van der Waals surface area contributed by atoms with Gasteiger partial charge in [-0.1, -0.05) is 30.3 Å². The van der Waals surface area contributed by atoms with Gasteiger partial charge in [-0.2, -0.15) is 5.10 Å². The second-order valence-electron chi connectivity index (χ2n) is 6.42. The van der Waals surface area contributed by atoms with Crippen molar-refractivity contribution in [2.24, 2.45) is 11.0 Å². The molecule has 0 radical (unpaired) electrons. The zero-order valence-electron chi connectivity index (χ0n) is 16.2. The fourth-order valence-electron chi connectivity index (χ4n) is 3.13. The van der Waals surface area contributed by atoms with Crippen LogP contribution in [0.25, 0.3) is 0 Å². The summed E-state index contributed by atoms with van der Waals surface area (Å²) in [4.78, 5) is 45.7. The molecule has 2 aromatic rings. The molecule has 1 saturated heterocycles. The minimum Gasteiger partial charge on any atom is -0.465 e. The highest BCUT2D eigenvalue weighted by Gasteiger charge is 2.45. The number of nitrogens with one attached hydrogen (secondary N) is 2. The van der Waals surface area contributed by atoms with Gasteiger partial charge in [-0.3, -0.25) is 35.2 Å². The lowest BCUT2D eigenvalue weighted by Gasteiger charge is -2.17. The molecule has 2 unspecified atom stereocenters. The van der Waals surface area contributed by atoms with Crippen LogP contribution in [-0.4, -0.2) is 34.0 Å². The molecule has 12 heteroatoms. The van der Waals surface area contributed by atoms with Gasteiger partial charge in [0.15, 0.2) is 0 Å². The number of hydrogen-bond donors (Lipinski definition) is 2. The van der Waals surface area contributed by atoms with E-state index in [1.54, 1.807) is 37.3 Å². The van der Waals surface area contributed by atoms with E-state index in [4.69, 9.17) is 4.74 Å². The van der Waals surface area contributed by atoms with Gasteiger partial charge in [-0.05, 0) is 18.6 Å². The molecule has 2 N–H and O–H groups in total. The van der Waals surface area contributed by atoms with Crippen molar-refractivity contribution in [1.82, 2.24) is 5.32 Å². The van der Waals surface area contributed by atoms with Crippen molar-refractivity contribution in [3.63, 3.8) is 0 Å². The van der Waals surface area contributed by atoms with Gasteiger partial charge in [-0.25, -0.2) is 0 Å². The number of hydrazone groups is 1. The number of ether oxygens (including phenoxy) is 1. The molecule has 1 fully saturated rings. The Hall–Kier alpha value is -4.35. The minimum atomic E-state index is -1.10. The van der Waals surface area contributed by atoms with Crippen LogP contribution in [0.2, 0.25) is 0 Å². The van der Waals surface area contributed by atoms with Crippen molar-refractivity contribution in [2.75, 3.05) is 12.0 Å². The standard InChI is InChI=1S/C19H17N5O7/c1-2-31-19(26)15-16(11-6-4-3-5-7-11)20-18(25)17(15)22-21-13-9-8-12(23(27)28)10-14(13)24(29)30/h3-10,15-16,21H,2H2,1H3,(H,20,25). The first-order valence-corrected chi connectivity index (χ1v) is 9.12. The number of non-ortho nitro benzene ring substituents is 1. The normalized spacial score (nSPS) is 19.0. The van der Waals surface area contributed by atoms with Gasteiger partial charge in [0.2, 0.25) is 0 Å². The largest absolute Gasteiger partial charge is 0.465 e. The molecule has 0 aliphatic carbocycles. The number of benzene rings is 2. The number of nitrogens with zero attached hydrogens (tertiary/aromatic N) is 3. The van der Waals surface area contributed by atoms with E-state index in [1.807, 2.05) is 0 Å². The summed E-state index contributed by atoms with van der Waals surface area (Å²) in [6, 6.07) is 10.9. The lowest BCUT2D eigenvalue weighted by Crippen LogP contribution is -2.29. The first kappa shape index (κ1) is 21.4. The molecule has 1 amide bonds. The number of anilines is 1. The van der Waals surface area contributed by atoms with E-state index in [9.17, 15) is 29.8 Å². The highest BCUT2D eigenvalue weighted by atomic mass is 16.6. The van der Waals surface area contributed by atoms with Gasteiger partial charge in [0.1, 0.15) is 17.3 Å². The van der Waals surface area contributed by atoms with Gasteiger partial charge in [-0.15, -0.1) is 0 Å². The second-order valence-corrected chi connectivity index (χ2v) is 6.42. The molecule has 31 heavy (non-hydrogen) atoms. The average molecular weight is 427 g/mol. The van der Waals surface area contributed by atoms with Crippen molar-refractivity contribution in [1.29, 1.82) is 0 Å². The Morgan fingerprint density at radius 2 is 1.87 bits per heavy atom. The van der Waals surface area contributed by atoms with Crippen molar-refractivity contribution >= 4 is 34.7 Å². The van der Waals surface area contributed by atoms with Crippen molar-refractivity contribution in [3.8, 4) is 0 Å². The number of nitro groups is 2. The lowest BCUT2D eigenvalue weighted by molar-refractivity contribution is -0.393. The van der Waals surface area contributed by atoms with E-state index >= 15 is 0 Å². The number of amides is 1. The van der Waals surface area contributed by atoms with E-state index in [2.05, 4.69) is 15.8 Å². The molecule has 0 bridgehead atoms. The molecule has 0 spiro atoms. The Labute approximate surface area is 175 Å². The maximum Gasteiger partial charge on any atom is 0.317 e. The summed E-state index contributed by atoms with van der Waals surface area (Å²) in [6.45, 7) is 1.70. The van der Waals surface area contributed by atoms with E-state index < -0.39 is 45.1 Å². The second kappa shape index (κ2) is 8.98. The number of hydrogen-bond acceptors (Lipinski definition) is 9. The molecule has 2 atom stereocenters. The summed E-state index contributed by atoms with van der Waals surface area (Å²) in [6.07, 6.45) is 0. The molecule has 2 aromatic carbocycles. The molecular weight excluding hydrogens is 410 g/mol. The summed E-state index contributed by atoms with van der Waals surface area (Å²) in [5.41, 5.74) is 1.56. The van der Waals surface area contributed by atoms with Crippen molar-refractivity contribution in [2.45, 2.75) is 13.0 Å². The zero-order chi connectivity index (χ0) is 22.5. The Kier molecular flexibility index (Phi) is 6.19. The molecule has 1 aliphatic rings. The lowest BCUT2D eigenvalue weighted by atomic mass is 9.93. The van der Waals surface area contributed by atoms with Crippen LogP contribution < -0.4 is 10.7 Å². The Morgan fingerprint density at radius 3 is 2.48 bits per heavy atom. The van der Waals surface area contributed by atoms with Crippen molar-refractivity contribution < 1.29 is 24.2 Å². The van der Waals surface area contributed by atoms with Crippen LogP contribution in [0.1, 0.15) is 18.5 Å². The summed E-state index contributed by atoms with van der Waals surface area (Å²) in [5.74, 6) is -2.43. The third-order valence-corrected chi connectivity index (χ3v) is 4.53. The van der Waals surface area contributed by atoms with Crippen LogP contribution in [0.3, 0.4) is 0 Å². The third-order valence-electron chi connectivity index (χ3n) is 4.53.